The monoisotopic (exact) mass is 1230 g/mol. The number of ketones is 2. The number of nitrogens with zero attached hydrogens (tertiary/aromatic N) is 4. The minimum atomic E-state index is -1.64. The average Bonchev–Trinajstić information content (AvgIpc) is 2.38. The summed E-state index contributed by atoms with van der Waals surface area (Å²) in [5.74, 6) is -6.18. The van der Waals surface area contributed by atoms with Gasteiger partial charge in [-0.1, -0.05) is 71.4 Å². The summed E-state index contributed by atoms with van der Waals surface area (Å²) in [7, 11) is 3.71. The maximum atomic E-state index is 15.1. The summed E-state index contributed by atoms with van der Waals surface area (Å²) in [6, 6.07) is 13.1. The summed E-state index contributed by atoms with van der Waals surface area (Å²) in [6.45, 7) is 11.3. The molecule has 2 aromatic carbocycles. The highest BCUT2D eigenvalue weighted by Crippen LogP contribution is 2.36. The van der Waals surface area contributed by atoms with Crippen molar-refractivity contribution in [2.75, 3.05) is 46.9 Å². The highest BCUT2D eigenvalue weighted by Gasteiger charge is 2.54. The number of aliphatic carboxylic acids is 1. The molecular formula is C63H86N7O16S+. The van der Waals surface area contributed by atoms with Crippen LogP contribution in [-0.2, 0) is 67.2 Å². The second-order valence-corrected chi connectivity index (χ2v) is 25.4. The van der Waals surface area contributed by atoms with E-state index in [4.69, 9.17) is 14.2 Å². The average molecular weight is 1230 g/mol. The highest BCUT2D eigenvalue weighted by molar-refractivity contribution is 7.09. The van der Waals surface area contributed by atoms with Gasteiger partial charge in [0.1, 0.15) is 53.1 Å². The summed E-state index contributed by atoms with van der Waals surface area (Å²) < 4.78 is 17.8. The second-order valence-electron chi connectivity index (χ2n) is 24.5. The quantitative estimate of drug-likeness (QED) is 0.0285. The predicted molar refractivity (Wildman–Crippen MR) is 318 cm³/mol. The molecule has 24 heteroatoms. The Kier molecular flexibility index (Phi) is 23.3. The number of rotatable bonds is 30. The van der Waals surface area contributed by atoms with Gasteiger partial charge in [-0.2, -0.15) is 0 Å². The van der Waals surface area contributed by atoms with E-state index in [0.717, 1.165) is 52.4 Å². The maximum Gasteiger partial charge on any atom is 0.306 e. The topological polar surface area (TPSA) is 318 Å². The number of carbonyl (C=O) groups excluding carboxylic acids is 8. The number of likely N-dealkylation sites (tertiary alicyclic amines) is 1. The van der Waals surface area contributed by atoms with Crippen LogP contribution in [0.5, 0.6) is 5.75 Å². The molecule has 7 N–H and O–H groups in total. The third-order valence-electron chi connectivity index (χ3n) is 17.7. The molecule has 5 amide bonds. The zero-order chi connectivity index (χ0) is 63.5. The van der Waals surface area contributed by atoms with E-state index in [9.17, 15) is 54.0 Å². The van der Waals surface area contributed by atoms with Crippen LogP contribution in [-0.4, -0.2) is 188 Å². The second kappa shape index (κ2) is 29.9. The lowest BCUT2D eigenvalue weighted by Gasteiger charge is -2.46. The minimum absolute atomic E-state index is 0.0389. The molecular weight excluding hydrogens is 1140 g/mol. The Hall–Kier alpha value is -6.80. The molecule has 0 bridgehead atoms. The van der Waals surface area contributed by atoms with Crippen LogP contribution in [0.15, 0.2) is 66.1 Å². The van der Waals surface area contributed by atoms with E-state index in [-0.39, 0.29) is 99.1 Å². The lowest BCUT2D eigenvalue weighted by Crippen LogP contribution is -2.76. The molecule has 87 heavy (non-hydrogen) atoms. The first kappa shape index (κ1) is 67.7. The SMILES string of the molecule is CC[C@H](C)[C@H](CC(=O)[C@H]1CCCC[N+]1(C)Cc1ccc(O[C@@H]2OCC(O)[C@H](O)C2O)c(CC(=O)CCNC(=O)C2(N3C(=O)C=CC3=O)CNC2)c1)C(=O)N(C)[C@H](C[C@@H](OC(C)=O)c1nc(C(=O)N[C@@H](Cc2ccccc2)C[C@H](C)C(=O)O)cs1)C(C)C. The van der Waals surface area contributed by atoms with E-state index >= 15 is 9.59 Å². The molecule has 4 aliphatic heterocycles. The molecule has 12 atom stereocenters. The number of aliphatic hydroxyl groups is 3. The van der Waals surface area contributed by atoms with Gasteiger partial charge in [0.05, 0.1) is 26.1 Å². The fourth-order valence-electron chi connectivity index (χ4n) is 12.3. The normalized spacial score (nSPS) is 23.8. The number of aliphatic hydroxyl groups excluding tert-OH is 3. The van der Waals surface area contributed by atoms with Crippen LogP contribution >= 0.6 is 11.3 Å². The van der Waals surface area contributed by atoms with Crippen molar-refractivity contribution in [2.45, 2.75) is 167 Å². The van der Waals surface area contributed by atoms with Gasteiger partial charge in [0.2, 0.25) is 18.1 Å². The molecule has 3 aromatic rings. The van der Waals surface area contributed by atoms with Gasteiger partial charge in [0.15, 0.2) is 17.4 Å². The van der Waals surface area contributed by atoms with E-state index in [1.165, 1.54) is 6.92 Å². The van der Waals surface area contributed by atoms with Crippen LogP contribution in [0.1, 0.15) is 131 Å². The van der Waals surface area contributed by atoms with Gasteiger partial charge in [0.25, 0.3) is 17.7 Å². The number of benzene rings is 2. The molecule has 0 spiro atoms. The molecule has 5 heterocycles. The van der Waals surface area contributed by atoms with Gasteiger partial charge in [-0.15, -0.1) is 11.3 Å². The number of piperidine rings is 1. The number of hydrogen-bond donors (Lipinski definition) is 7. The Labute approximate surface area is 511 Å². The lowest BCUT2D eigenvalue weighted by atomic mass is 9.82. The Balaban J connectivity index is 1.05. The molecule has 474 valence electrons. The number of Topliss-reactive ketones (excluding diaryl/α,β-unsaturated/α-hetero) is 2. The molecule has 0 radical (unpaired) electrons. The first-order valence-electron chi connectivity index (χ1n) is 30.1. The van der Waals surface area contributed by atoms with E-state index in [0.29, 0.717) is 47.4 Å². The highest BCUT2D eigenvalue weighted by atomic mass is 32.1. The number of imide groups is 1. The van der Waals surface area contributed by atoms with Crippen molar-refractivity contribution in [3.8, 4) is 5.75 Å². The van der Waals surface area contributed by atoms with Crippen LogP contribution in [0.2, 0.25) is 0 Å². The first-order chi connectivity index (χ1) is 41.2. The number of esters is 1. The fraction of sp³-hybridized carbons (Fsp3) is 0.587. The maximum absolute atomic E-state index is 15.1. The van der Waals surface area contributed by atoms with Crippen LogP contribution in [0, 0.1) is 23.7 Å². The molecule has 23 nitrogen and oxygen atoms in total. The van der Waals surface area contributed by atoms with Gasteiger partial charge < -0.3 is 60.0 Å². The summed E-state index contributed by atoms with van der Waals surface area (Å²) in [4.78, 5) is 128. The Morgan fingerprint density at radius 1 is 0.954 bits per heavy atom. The molecule has 3 fully saturated rings. The first-order valence-corrected chi connectivity index (χ1v) is 31.0. The Morgan fingerprint density at radius 3 is 2.29 bits per heavy atom. The van der Waals surface area contributed by atoms with Gasteiger partial charge in [-0.3, -0.25) is 48.1 Å². The van der Waals surface area contributed by atoms with Crippen molar-refractivity contribution >= 4 is 64.4 Å². The van der Waals surface area contributed by atoms with E-state index in [2.05, 4.69) is 20.9 Å². The number of carbonyl (C=O) groups is 9. The largest absolute Gasteiger partial charge is 0.481 e. The number of aromatic nitrogens is 1. The number of carboxylic acid groups (broad SMARTS) is 1. The standard InChI is InChI=1S/C63H85N7O16S/c1-9-37(4)45(59(80)68(7)47(36(2)3)30-52(85-39(6)71)58-67-46(33-87-58)57(79)66-43(25-38(5)60(81)82)27-40-15-11-10-12-16-40)29-49(73)48-17-13-14-24-70(48,8)31-41-18-19-51(86-61-56(78)55(77)50(74)32-84-61)42(26-41)28-44(72)22-23-65-62(83)63(34-64-35-63)69-53(75)20-21-54(69)76/h10-12,15-16,18-21,26,33,36-38,43,45,47-48,50,52,55-56,61,64,74,77-78H,9,13-14,17,22-25,27-32,34-35H2,1-8H3,(H2-,65,66,79,81,82,83)/p+1/t37-,38-,43+,45-,47+,48+,50?,52+,55-,56?,61-,70?/m0/s1. The minimum Gasteiger partial charge on any atom is -0.481 e. The van der Waals surface area contributed by atoms with Crippen molar-refractivity contribution in [1.82, 2.24) is 30.7 Å². The fourth-order valence-corrected chi connectivity index (χ4v) is 13.1. The van der Waals surface area contributed by atoms with Crippen LogP contribution in [0.25, 0.3) is 0 Å². The van der Waals surface area contributed by atoms with Gasteiger partial charge in [-0.05, 0) is 61.3 Å². The zero-order valence-electron chi connectivity index (χ0n) is 51.0. The summed E-state index contributed by atoms with van der Waals surface area (Å²) in [6.07, 6.45) is -1.63. The van der Waals surface area contributed by atoms with Crippen molar-refractivity contribution in [3.05, 3.63) is 93.5 Å². The molecule has 0 aliphatic carbocycles. The molecule has 3 unspecified atom stereocenters. The summed E-state index contributed by atoms with van der Waals surface area (Å²) in [5, 5.41) is 51.6. The van der Waals surface area contributed by atoms with Crippen molar-refractivity contribution in [3.63, 3.8) is 0 Å². The molecule has 1 aromatic heterocycles. The molecule has 4 aliphatic rings. The molecule has 7 rings (SSSR count). The Morgan fingerprint density at radius 2 is 1.66 bits per heavy atom. The van der Waals surface area contributed by atoms with Gasteiger partial charge in [-0.25, -0.2) is 4.98 Å². The summed E-state index contributed by atoms with van der Waals surface area (Å²) >= 11 is 1.13. The third-order valence-corrected chi connectivity index (χ3v) is 18.6. The van der Waals surface area contributed by atoms with Gasteiger partial charge in [0, 0.05) is 112 Å². The number of ether oxygens (including phenoxy) is 3. The zero-order valence-corrected chi connectivity index (χ0v) is 51.8. The van der Waals surface area contributed by atoms with Gasteiger partial charge >= 0.3 is 11.9 Å². The number of amides is 5. The number of quaternary nitrogens is 1. The third kappa shape index (κ3) is 16.7. The number of carboxylic acids is 1. The summed E-state index contributed by atoms with van der Waals surface area (Å²) in [5.41, 5.74) is 0.694. The van der Waals surface area contributed by atoms with Crippen LogP contribution < -0.4 is 20.7 Å². The van der Waals surface area contributed by atoms with Crippen molar-refractivity contribution in [2.24, 2.45) is 23.7 Å². The molecule has 0 saturated carbocycles. The smallest absolute Gasteiger partial charge is 0.306 e. The number of hydrogen-bond acceptors (Lipinski definition) is 18. The van der Waals surface area contributed by atoms with Crippen molar-refractivity contribution < 1.29 is 82.3 Å². The lowest BCUT2D eigenvalue weighted by molar-refractivity contribution is -0.941. The number of likely N-dealkylation sites (N-methyl/N-ethyl adjacent to an activating group) is 1. The van der Waals surface area contributed by atoms with E-state index < -0.39 is 102 Å². The van der Waals surface area contributed by atoms with Crippen LogP contribution in [0.3, 0.4) is 0 Å². The van der Waals surface area contributed by atoms with E-state index in [1.54, 1.807) is 42.5 Å². The van der Waals surface area contributed by atoms with Crippen LogP contribution in [0.4, 0.5) is 0 Å². The van der Waals surface area contributed by atoms with E-state index in [1.807, 2.05) is 65.1 Å². The van der Waals surface area contributed by atoms with Crippen molar-refractivity contribution in [1.29, 1.82) is 0 Å². The number of nitrogens with one attached hydrogen (secondary N) is 3. The predicted octanol–water partition coefficient (Wildman–Crippen LogP) is 3.60. The molecule has 3 saturated heterocycles. The Bertz CT molecular complexity index is 2990. The number of thiazole rings is 1.